The molecule has 2 aromatic rings. The molecule has 74 valence electrons. The largest absolute Gasteiger partial charge is 0.459 e. The normalized spacial score (nSPS) is 13.4. The molecule has 0 amide bonds. The summed E-state index contributed by atoms with van der Waals surface area (Å²) < 4.78 is 18.9. The van der Waals surface area contributed by atoms with Crippen LogP contribution in [-0.2, 0) is 0 Å². The standard InChI is InChI=1S/C10H9BrFNO/c1-5(13)9-3-6-2-7(11)8(12)4-10(6)14-9/h2-5H,13H2,1H3. The van der Waals surface area contributed by atoms with Gasteiger partial charge in [0.05, 0.1) is 10.5 Å². The maximum absolute atomic E-state index is 13.1. The first-order valence-corrected chi connectivity index (χ1v) is 5.01. The number of nitrogens with two attached hydrogens (primary N) is 1. The molecule has 0 aliphatic heterocycles. The molecule has 0 bridgehead atoms. The Morgan fingerprint density at radius 1 is 1.43 bits per heavy atom. The predicted molar refractivity (Wildman–Crippen MR) is 56.5 cm³/mol. The third-order valence-electron chi connectivity index (χ3n) is 2.03. The van der Waals surface area contributed by atoms with Gasteiger partial charge >= 0.3 is 0 Å². The van der Waals surface area contributed by atoms with E-state index in [0.717, 1.165) is 5.39 Å². The van der Waals surface area contributed by atoms with Crippen LogP contribution in [-0.4, -0.2) is 0 Å². The van der Waals surface area contributed by atoms with E-state index in [1.807, 2.05) is 13.0 Å². The van der Waals surface area contributed by atoms with Crippen molar-refractivity contribution in [2.75, 3.05) is 0 Å². The molecule has 1 unspecified atom stereocenters. The van der Waals surface area contributed by atoms with Crippen molar-refractivity contribution < 1.29 is 8.81 Å². The third kappa shape index (κ3) is 1.55. The second kappa shape index (κ2) is 3.37. The number of hydrogen-bond donors (Lipinski definition) is 1. The molecule has 0 saturated heterocycles. The van der Waals surface area contributed by atoms with E-state index in [1.54, 1.807) is 6.07 Å². The van der Waals surface area contributed by atoms with Gasteiger partial charge in [0.25, 0.3) is 0 Å². The molecule has 0 saturated carbocycles. The lowest BCUT2D eigenvalue weighted by Gasteiger charge is -1.96. The molecular formula is C10H9BrFNO. The average molecular weight is 258 g/mol. The van der Waals surface area contributed by atoms with Crippen LogP contribution in [0, 0.1) is 5.82 Å². The summed E-state index contributed by atoms with van der Waals surface area (Å²) >= 11 is 3.11. The molecule has 1 aromatic heterocycles. The van der Waals surface area contributed by atoms with Gasteiger partial charge in [-0.3, -0.25) is 0 Å². The van der Waals surface area contributed by atoms with E-state index in [1.165, 1.54) is 6.07 Å². The smallest absolute Gasteiger partial charge is 0.141 e. The number of rotatable bonds is 1. The molecule has 1 atom stereocenters. The summed E-state index contributed by atoms with van der Waals surface area (Å²) in [6, 6.07) is 4.68. The van der Waals surface area contributed by atoms with Crippen LogP contribution in [0.1, 0.15) is 18.7 Å². The monoisotopic (exact) mass is 257 g/mol. The van der Waals surface area contributed by atoms with Crippen molar-refractivity contribution in [3.63, 3.8) is 0 Å². The van der Waals surface area contributed by atoms with E-state index in [-0.39, 0.29) is 11.9 Å². The summed E-state index contributed by atoms with van der Waals surface area (Å²) in [6.45, 7) is 1.82. The van der Waals surface area contributed by atoms with Crippen molar-refractivity contribution in [1.82, 2.24) is 0 Å². The van der Waals surface area contributed by atoms with Gasteiger partial charge < -0.3 is 10.2 Å². The van der Waals surface area contributed by atoms with Crippen molar-refractivity contribution in [2.45, 2.75) is 13.0 Å². The second-order valence-electron chi connectivity index (χ2n) is 3.24. The molecule has 4 heteroatoms. The van der Waals surface area contributed by atoms with Crippen LogP contribution >= 0.6 is 15.9 Å². The number of benzene rings is 1. The van der Waals surface area contributed by atoms with Crippen molar-refractivity contribution in [3.05, 3.63) is 34.2 Å². The van der Waals surface area contributed by atoms with Gasteiger partial charge in [-0.1, -0.05) is 0 Å². The Kier molecular flexibility index (Phi) is 2.33. The Bertz CT molecular complexity index is 439. The Labute approximate surface area is 89.0 Å². The van der Waals surface area contributed by atoms with Crippen LogP contribution in [0.15, 0.2) is 27.1 Å². The minimum atomic E-state index is -0.330. The molecule has 2 rings (SSSR count). The predicted octanol–water partition coefficient (Wildman–Crippen LogP) is 3.35. The van der Waals surface area contributed by atoms with Crippen molar-refractivity contribution in [1.29, 1.82) is 0 Å². The van der Waals surface area contributed by atoms with Crippen molar-refractivity contribution in [3.8, 4) is 0 Å². The zero-order valence-electron chi connectivity index (χ0n) is 7.55. The first kappa shape index (κ1) is 9.68. The van der Waals surface area contributed by atoms with Gasteiger partial charge in [0.15, 0.2) is 0 Å². The van der Waals surface area contributed by atoms with Crippen LogP contribution in [0.3, 0.4) is 0 Å². The quantitative estimate of drug-likeness (QED) is 0.851. The zero-order chi connectivity index (χ0) is 10.3. The fourth-order valence-corrected chi connectivity index (χ4v) is 1.64. The van der Waals surface area contributed by atoms with Crippen molar-refractivity contribution >= 4 is 26.9 Å². The molecule has 2 N–H and O–H groups in total. The maximum atomic E-state index is 13.1. The summed E-state index contributed by atoms with van der Waals surface area (Å²) in [5.74, 6) is 0.334. The highest BCUT2D eigenvalue weighted by Gasteiger charge is 2.10. The molecule has 0 spiro atoms. The van der Waals surface area contributed by atoms with Gasteiger partial charge in [-0.25, -0.2) is 4.39 Å². The number of fused-ring (bicyclic) bond motifs is 1. The van der Waals surface area contributed by atoms with Gasteiger partial charge in [0, 0.05) is 11.5 Å². The van der Waals surface area contributed by atoms with Gasteiger partial charge in [-0.15, -0.1) is 0 Å². The van der Waals surface area contributed by atoms with Gasteiger partial charge in [0.2, 0.25) is 0 Å². The first-order valence-electron chi connectivity index (χ1n) is 4.22. The van der Waals surface area contributed by atoms with E-state index in [2.05, 4.69) is 15.9 Å². The lowest BCUT2D eigenvalue weighted by molar-refractivity contribution is 0.510. The molecule has 0 radical (unpaired) electrons. The summed E-state index contributed by atoms with van der Waals surface area (Å²) in [5.41, 5.74) is 6.18. The van der Waals surface area contributed by atoms with Crippen LogP contribution in [0.5, 0.6) is 0 Å². The minimum absolute atomic E-state index is 0.177. The summed E-state index contributed by atoms with van der Waals surface area (Å²) in [7, 11) is 0. The Hall–Kier alpha value is -0.870. The molecular weight excluding hydrogens is 249 g/mol. The maximum Gasteiger partial charge on any atom is 0.141 e. The number of hydrogen-bond acceptors (Lipinski definition) is 2. The molecule has 2 nitrogen and oxygen atoms in total. The topological polar surface area (TPSA) is 39.2 Å². The van der Waals surface area contributed by atoms with Crippen LogP contribution in [0.25, 0.3) is 11.0 Å². The number of furan rings is 1. The average Bonchev–Trinajstić information content (AvgIpc) is 2.48. The van der Waals surface area contributed by atoms with Crippen LogP contribution < -0.4 is 5.73 Å². The molecule has 14 heavy (non-hydrogen) atoms. The first-order chi connectivity index (χ1) is 6.58. The fraction of sp³-hybridized carbons (Fsp3) is 0.200. The molecule has 1 aromatic carbocycles. The number of halogens is 2. The lowest BCUT2D eigenvalue weighted by Crippen LogP contribution is -2.02. The van der Waals surface area contributed by atoms with E-state index in [0.29, 0.717) is 15.8 Å². The molecule has 1 heterocycles. The SMILES string of the molecule is CC(N)c1cc2cc(Br)c(F)cc2o1. The lowest BCUT2D eigenvalue weighted by atomic mass is 10.2. The van der Waals surface area contributed by atoms with E-state index < -0.39 is 0 Å². The van der Waals surface area contributed by atoms with Crippen LogP contribution in [0.2, 0.25) is 0 Å². The van der Waals surface area contributed by atoms with Crippen LogP contribution in [0.4, 0.5) is 4.39 Å². The molecule has 0 fully saturated rings. The molecule has 0 aliphatic carbocycles. The van der Waals surface area contributed by atoms with Gasteiger partial charge in [-0.2, -0.15) is 0 Å². The zero-order valence-corrected chi connectivity index (χ0v) is 9.14. The minimum Gasteiger partial charge on any atom is -0.459 e. The van der Waals surface area contributed by atoms with Gasteiger partial charge in [0.1, 0.15) is 17.2 Å². The summed E-state index contributed by atoms with van der Waals surface area (Å²) in [4.78, 5) is 0. The van der Waals surface area contributed by atoms with E-state index >= 15 is 0 Å². The Morgan fingerprint density at radius 3 is 2.79 bits per heavy atom. The Morgan fingerprint density at radius 2 is 2.14 bits per heavy atom. The van der Waals surface area contributed by atoms with Crippen molar-refractivity contribution in [2.24, 2.45) is 5.73 Å². The summed E-state index contributed by atoms with van der Waals surface area (Å²) in [5, 5.41) is 0.852. The fourth-order valence-electron chi connectivity index (χ4n) is 1.28. The van der Waals surface area contributed by atoms with E-state index in [4.69, 9.17) is 10.2 Å². The highest BCUT2D eigenvalue weighted by atomic mass is 79.9. The summed E-state index contributed by atoms with van der Waals surface area (Å²) in [6.07, 6.45) is 0. The van der Waals surface area contributed by atoms with E-state index in [9.17, 15) is 4.39 Å². The Balaban J connectivity index is 2.66. The van der Waals surface area contributed by atoms with Gasteiger partial charge in [-0.05, 0) is 35.0 Å². The molecule has 0 aliphatic rings. The highest BCUT2D eigenvalue weighted by molar-refractivity contribution is 9.10. The highest BCUT2D eigenvalue weighted by Crippen LogP contribution is 2.27. The second-order valence-corrected chi connectivity index (χ2v) is 4.10. The third-order valence-corrected chi connectivity index (χ3v) is 2.63.